The Morgan fingerprint density at radius 2 is 1.77 bits per heavy atom. The van der Waals surface area contributed by atoms with Crippen molar-refractivity contribution in [1.29, 1.82) is 0 Å². The summed E-state index contributed by atoms with van der Waals surface area (Å²) in [7, 11) is 0. The van der Waals surface area contributed by atoms with Crippen molar-refractivity contribution in [3.63, 3.8) is 0 Å². The van der Waals surface area contributed by atoms with Gasteiger partial charge < -0.3 is 9.64 Å². The monoisotopic (exact) mass is 355 g/mol. The summed E-state index contributed by atoms with van der Waals surface area (Å²) in [4.78, 5) is 27.3. The average molecular weight is 355 g/mol. The molecule has 1 amide bonds. The Hall–Kier alpha value is -2.10. The molecule has 1 saturated carbocycles. The van der Waals surface area contributed by atoms with Gasteiger partial charge >= 0.3 is 5.97 Å². The summed E-state index contributed by atoms with van der Waals surface area (Å²) in [6.07, 6.45) is 7.72. The second-order valence-electron chi connectivity index (χ2n) is 7.50. The van der Waals surface area contributed by atoms with Gasteiger partial charge in [0.05, 0.1) is 13.0 Å². The molecule has 1 aliphatic heterocycles. The summed E-state index contributed by atoms with van der Waals surface area (Å²) in [5.74, 6) is 0.985. The first-order valence-corrected chi connectivity index (χ1v) is 9.88. The third-order valence-corrected chi connectivity index (χ3v) is 5.51. The van der Waals surface area contributed by atoms with Crippen LogP contribution in [0.4, 0.5) is 0 Å². The van der Waals surface area contributed by atoms with Gasteiger partial charge in [0, 0.05) is 18.7 Å². The summed E-state index contributed by atoms with van der Waals surface area (Å²) < 4.78 is 5.31. The maximum Gasteiger partial charge on any atom is 0.334 e. The highest BCUT2D eigenvalue weighted by Gasteiger charge is 2.36. The van der Waals surface area contributed by atoms with E-state index in [4.69, 9.17) is 4.74 Å². The number of esters is 1. The lowest BCUT2D eigenvalue weighted by molar-refractivity contribution is -0.140. The Morgan fingerprint density at radius 1 is 1.12 bits per heavy atom. The zero-order chi connectivity index (χ0) is 18.4. The zero-order valence-corrected chi connectivity index (χ0v) is 15.7. The summed E-state index contributed by atoms with van der Waals surface area (Å²) >= 11 is 0. The number of carbonyl (C=O) groups is 2. The van der Waals surface area contributed by atoms with Crippen molar-refractivity contribution in [3.8, 4) is 0 Å². The van der Waals surface area contributed by atoms with Crippen LogP contribution in [0, 0.1) is 11.8 Å². The zero-order valence-electron chi connectivity index (χ0n) is 15.7. The van der Waals surface area contributed by atoms with Crippen LogP contribution in [0.2, 0.25) is 0 Å². The van der Waals surface area contributed by atoms with Crippen molar-refractivity contribution >= 4 is 18.0 Å². The van der Waals surface area contributed by atoms with E-state index in [0.717, 1.165) is 25.1 Å². The van der Waals surface area contributed by atoms with Crippen molar-refractivity contribution in [2.75, 3.05) is 19.7 Å². The van der Waals surface area contributed by atoms with E-state index in [1.54, 1.807) is 6.08 Å². The van der Waals surface area contributed by atoms with Crippen molar-refractivity contribution in [2.45, 2.75) is 45.4 Å². The average Bonchev–Trinajstić information content (AvgIpc) is 3.10. The van der Waals surface area contributed by atoms with E-state index in [-0.39, 0.29) is 18.3 Å². The standard InChI is InChI=1S/C22H29NO3/c1-2-12-26-22(25)20(13-17-8-4-3-5-9-17)14-21(24)23-15-18-10-6-7-11-19(18)16-23/h3-5,8-9,13,18-19H,2,6-7,10-12,14-16H2,1H3/t18-,19+. The molecular formula is C22H29NO3. The van der Waals surface area contributed by atoms with E-state index < -0.39 is 0 Å². The second-order valence-corrected chi connectivity index (χ2v) is 7.50. The first kappa shape index (κ1) is 18.7. The number of benzene rings is 1. The Labute approximate surface area is 156 Å². The van der Waals surface area contributed by atoms with Crippen LogP contribution in [0.3, 0.4) is 0 Å². The van der Waals surface area contributed by atoms with Crippen LogP contribution in [0.15, 0.2) is 35.9 Å². The number of rotatable bonds is 6. The SMILES string of the molecule is CCCOC(=O)C(=Cc1ccccc1)CC(=O)N1C[C@H]2CCCC[C@H]2C1. The van der Waals surface area contributed by atoms with Crippen LogP contribution in [0.1, 0.15) is 51.0 Å². The highest BCUT2D eigenvalue weighted by molar-refractivity contribution is 5.99. The summed E-state index contributed by atoms with van der Waals surface area (Å²) in [6, 6.07) is 9.65. The predicted molar refractivity (Wildman–Crippen MR) is 102 cm³/mol. The van der Waals surface area contributed by atoms with E-state index in [9.17, 15) is 9.59 Å². The maximum atomic E-state index is 12.8. The van der Waals surface area contributed by atoms with Crippen LogP contribution in [0.5, 0.6) is 0 Å². The van der Waals surface area contributed by atoms with Crippen LogP contribution in [-0.4, -0.2) is 36.5 Å². The van der Waals surface area contributed by atoms with E-state index in [1.165, 1.54) is 25.7 Å². The molecule has 0 bridgehead atoms. The second kappa shape index (κ2) is 9.02. The summed E-state index contributed by atoms with van der Waals surface area (Å²) in [6.45, 7) is 4.05. The number of hydrogen-bond donors (Lipinski definition) is 0. The quantitative estimate of drug-likeness (QED) is 0.571. The molecule has 4 nitrogen and oxygen atoms in total. The Kier molecular flexibility index (Phi) is 6.48. The van der Waals surface area contributed by atoms with Gasteiger partial charge in [-0.2, -0.15) is 0 Å². The number of ether oxygens (including phenoxy) is 1. The van der Waals surface area contributed by atoms with Gasteiger partial charge in [0.2, 0.25) is 5.91 Å². The molecular weight excluding hydrogens is 326 g/mol. The minimum Gasteiger partial charge on any atom is -0.462 e. The Balaban J connectivity index is 1.69. The molecule has 0 aromatic heterocycles. The third-order valence-electron chi connectivity index (χ3n) is 5.51. The fourth-order valence-electron chi connectivity index (χ4n) is 4.10. The van der Waals surface area contributed by atoms with Crippen molar-refractivity contribution < 1.29 is 14.3 Å². The topological polar surface area (TPSA) is 46.6 Å². The largest absolute Gasteiger partial charge is 0.462 e. The number of likely N-dealkylation sites (tertiary alicyclic amines) is 1. The van der Waals surface area contributed by atoms with Gasteiger partial charge in [0.25, 0.3) is 0 Å². The van der Waals surface area contributed by atoms with Gasteiger partial charge in [0.15, 0.2) is 0 Å². The molecule has 1 heterocycles. The number of carbonyl (C=O) groups excluding carboxylic acids is 2. The highest BCUT2D eigenvalue weighted by Crippen LogP contribution is 2.36. The van der Waals surface area contributed by atoms with Gasteiger partial charge in [-0.3, -0.25) is 4.79 Å². The molecule has 2 atom stereocenters. The van der Waals surface area contributed by atoms with E-state index in [1.807, 2.05) is 42.2 Å². The molecule has 0 spiro atoms. The minimum absolute atomic E-state index is 0.0510. The molecule has 0 unspecified atom stereocenters. The van der Waals surface area contributed by atoms with Gasteiger partial charge in [-0.15, -0.1) is 0 Å². The van der Waals surface area contributed by atoms with Crippen molar-refractivity contribution in [1.82, 2.24) is 4.90 Å². The van der Waals surface area contributed by atoms with Crippen LogP contribution in [-0.2, 0) is 14.3 Å². The molecule has 0 N–H and O–H groups in total. The van der Waals surface area contributed by atoms with E-state index >= 15 is 0 Å². The smallest absolute Gasteiger partial charge is 0.334 e. The van der Waals surface area contributed by atoms with Gasteiger partial charge in [0.1, 0.15) is 0 Å². The van der Waals surface area contributed by atoms with Crippen LogP contribution >= 0.6 is 0 Å². The van der Waals surface area contributed by atoms with Crippen molar-refractivity contribution in [2.24, 2.45) is 11.8 Å². The molecule has 1 aromatic rings. The number of fused-ring (bicyclic) bond motifs is 1. The Morgan fingerprint density at radius 3 is 2.38 bits per heavy atom. The molecule has 26 heavy (non-hydrogen) atoms. The lowest BCUT2D eigenvalue weighted by atomic mass is 9.82. The van der Waals surface area contributed by atoms with E-state index in [0.29, 0.717) is 24.0 Å². The van der Waals surface area contributed by atoms with Crippen molar-refractivity contribution in [3.05, 3.63) is 41.5 Å². The number of nitrogens with zero attached hydrogens (tertiary/aromatic N) is 1. The molecule has 0 radical (unpaired) electrons. The number of hydrogen-bond acceptors (Lipinski definition) is 3. The highest BCUT2D eigenvalue weighted by atomic mass is 16.5. The minimum atomic E-state index is -0.374. The number of amides is 1. The molecule has 1 saturated heterocycles. The first-order valence-electron chi connectivity index (χ1n) is 9.88. The van der Waals surface area contributed by atoms with Gasteiger partial charge in [-0.05, 0) is 42.7 Å². The molecule has 1 aliphatic carbocycles. The van der Waals surface area contributed by atoms with Gasteiger partial charge in [-0.25, -0.2) is 4.79 Å². The first-order chi connectivity index (χ1) is 12.7. The molecule has 140 valence electrons. The molecule has 1 aromatic carbocycles. The molecule has 4 heteroatoms. The lowest BCUT2D eigenvalue weighted by Gasteiger charge is -2.22. The van der Waals surface area contributed by atoms with Crippen LogP contribution in [0.25, 0.3) is 6.08 Å². The maximum absolute atomic E-state index is 12.8. The predicted octanol–water partition coefficient (Wildman–Crippen LogP) is 4.06. The third kappa shape index (κ3) is 4.75. The lowest BCUT2D eigenvalue weighted by Crippen LogP contribution is -2.30. The molecule has 2 fully saturated rings. The molecule has 2 aliphatic rings. The fourth-order valence-corrected chi connectivity index (χ4v) is 4.10. The summed E-state index contributed by atoms with van der Waals surface area (Å²) in [5, 5.41) is 0. The van der Waals surface area contributed by atoms with Crippen LogP contribution < -0.4 is 0 Å². The van der Waals surface area contributed by atoms with Gasteiger partial charge in [-0.1, -0.05) is 50.1 Å². The Bertz CT molecular complexity index is 639. The fraction of sp³-hybridized carbons (Fsp3) is 0.545. The van der Waals surface area contributed by atoms with E-state index in [2.05, 4.69) is 0 Å². The molecule has 3 rings (SSSR count). The summed E-state index contributed by atoms with van der Waals surface area (Å²) in [5.41, 5.74) is 1.36. The normalized spacial score (nSPS) is 22.8.